The third kappa shape index (κ3) is 2.31. The number of carbonyl (C=O) groups excluding carboxylic acids is 1. The fourth-order valence-corrected chi connectivity index (χ4v) is 3.59. The van der Waals surface area contributed by atoms with Crippen LogP contribution in [0.4, 0.5) is 0 Å². The summed E-state index contributed by atoms with van der Waals surface area (Å²) in [6.07, 6.45) is 5.32. The number of hydrogen-bond acceptors (Lipinski definition) is 3. The van der Waals surface area contributed by atoms with Gasteiger partial charge in [0.1, 0.15) is 0 Å². The summed E-state index contributed by atoms with van der Waals surface area (Å²) in [6.45, 7) is 1.91. The van der Waals surface area contributed by atoms with E-state index in [2.05, 4.69) is 4.98 Å². The van der Waals surface area contributed by atoms with Gasteiger partial charge >= 0.3 is 0 Å². The Bertz CT molecular complexity index is 695. The third-order valence-corrected chi connectivity index (χ3v) is 4.20. The summed E-state index contributed by atoms with van der Waals surface area (Å²) in [4.78, 5) is 18.1. The molecule has 1 aromatic heterocycles. The Labute approximate surface area is 120 Å². The Morgan fingerprint density at radius 1 is 1.37 bits per heavy atom. The van der Waals surface area contributed by atoms with Gasteiger partial charge in [0.15, 0.2) is 0 Å². The van der Waals surface area contributed by atoms with Crippen LogP contribution >= 0.6 is 23.4 Å². The summed E-state index contributed by atoms with van der Waals surface area (Å²) in [7, 11) is 0. The molecule has 0 fully saturated rings. The highest BCUT2D eigenvalue weighted by Gasteiger charge is 2.27. The third-order valence-electron chi connectivity index (χ3n) is 2.92. The van der Waals surface area contributed by atoms with Crippen molar-refractivity contribution in [1.82, 2.24) is 4.98 Å². The molecule has 1 aromatic carbocycles. The van der Waals surface area contributed by atoms with Crippen molar-refractivity contribution in [1.29, 1.82) is 0 Å². The van der Waals surface area contributed by atoms with E-state index < -0.39 is 0 Å². The standard InChI is InChI=1S/C15H10ClNOS/c1-9-5-11(16)7-12-14(9)15(18)13(19-12)6-10-3-2-4-17-8-10/h2-8H,1H3/b13-6+. The van der Waals surface area contributed by atoms with Gasteiger partial charge in [0.2, 0.25) is 5.78 Å². The number of carbonyl (C=O) groups is 1. The lowest BCUT2D eigenvalue weighted by Crippen LogP contribution is -1.97. The Morgan fingerprint density at radius 2 is 2.21 bits per heavy atom. The number of allylic oxidation sites excluding steroid dienone is 1. The second kappa shape index (κ2) is 4.83. The molecule has 3 rings (SSSR count). The zero-order valence-corrected chi connectivity index (χ0v) is 11.8. The molecule has 1 aliphatic heterocycles. The molecule has 19 heavy (non-hydrogen) atoms. The normalized spacial score (nSPS) is 15.9. The van der Waals surface area contributed by atoms with E-state index in [4.69, 9.17) is 11.6 Å². The topological polar surface area (TPSA) is 30.0 Å². The SMILES string of the molecule is Cc1cc(Cl)cc2c1C(=O)/C(=C\c1cccnc1)S2. The van der Waals surface area contributed by atoms with Crippen molar-refractivity contribution in [2.75, 3.05) is 0 Å². The molecule has 94 valence electrons. The number of aryl methyl sites for hydroxylation is 1. The van der Waals surface area contributed by atoms with Crippen LogP contribution in [-0.4, -0.2) is 10.8 Å². The predicted molar refractivity (Wildman–Crippen MR) is 78.6 cm³/mol. The Morgan fingerprint density at radius 3 is 2.95 bits per heavy atom. The summed E-state index contributed by atoms with van der Waals surface area (Å²) in [5.74, 6) is 0.0676. The average molecular weight is 288 g/mol. The van der Waals surface area contributed by atoms with Crippen molar-refractivity contribution in [3.05, 3.63) is 63.3 Å². The zero-order valence-electron chi connectivity index (χ0n) is 10.2. The molecule has 1 aliphatic rings. The first-order valence-corrected chi connectivity index (χ1v) is 6.99. The summed E-state index contributed by atoms with van der Waals surface area (Å²) in [6, 6.07) is 7.45. The predicted octanol–water partition coefficient (Wildman–Crippen LogP) is 4.37. The first-order chi connectivity index (χ1) is 9.15. The van der Waals surface area contributed by atoms with Crippen LogP contribution < -0.4 is 0 Å². The Kier molecular flexibility index (Phi) is 3.17. The molecule has 4 heteroatoms. The van der Waals surface area contributed by atoms with Crippen molar-refractivity contribution in [2.45, 2.75) is 11.8 Å². The van der Waals surface area contributed by atoms with Crippen LogP contribution in [0.15, 0.2) is 46.5 Å². The molecule has 0 amide bonds. The van der Waals surface area contributed by atoms with E-state index in [1.54, 1.807) is 12.4 Å². The molecule has 0 saturated heterocycles. The summed E-state index contributed by atoms with van der Waals surface area (Å²) in [5.41, 5.74) is 2.62. The second-order valence-corrected chi connectivity index (χ2v) is 5.84. The minimum atomic E-state index is 0.0676. The fraction of sp³-hybridized carbons (Fsp3) is 0.0667. The number of nitrogens with zero attached hydrogens (tertiary/aromatic N) is 1. The van der Waals surface area contributed by atoms with Crippen LogP contribution in [0, 0.1) is 6.92 Å². The van der Waals surface area contributed by atoms with E-state index in [9.17, 15) is 4.79 Å². The highest BCUT2D eigenvalue weighted by atomic mass is 35.5. The molecule has 2 aromatic rings. The zero-order chi connectivity index (χ0) is 13.4. The van der Waals surface area contributed by atoms with Crippen LogP contribution in [-0.2, 0) is 0 Å². The van der Waals surface area contributed by atoms with Gasteiger partial charge in [-0.1, -0.05) is 29.4 Å². The van der Waals surface area contributed by atoms with Gasteiger partial charge in [-0.15, -0.1) is 0 Å². The van der Waals surface area contributed by atoms with Crippen molar-refractivity contribution in [2.24, 2.45) is 0 Å². The van der Waals surface area contributed by atoms with Gasteiger partial charge in [0, 0.05) is 27.9 Å². The molecule has 2 nitrogen and oxygen atoms in total. The molecule has 0 atom stereocenters. The number of aromatic nitrogens is 1. The highest BCUT2D eigenvalue weighted by molar-refractivity contribution is 8.04. The number of rotatable bonds is 1. The average Bonchev–Trinajstić information content (AvgIpc) is 2.67. The van der Waals surface area contributed by atoms with Crippen molar-refractivity contribution in [3.63, 3.8) is 0 Å². The van der Waals surface area contributed by atoms with Crippen molar-refractivity contribution >= 4 is 35.2 Å². The maximum atomic E-state index is 12.4. The Hall–Kier alpha value is -1.58. The first kappa shape index (κ1) is 12.5. The molecule has 0 radical (unpaired) electrons. The number of fused-ring (bicyclic) bond motifs is 1. The molecule has 2 heterocycles. The molecule has 0 aliphatic carbocycles. The van der Waals surface area contributed by atoms with E-state index in [0.29, 0.717) is 9.93 Å². The lowest BCUT2D eigenvalue weighted by molar-refractivity contribution is 0.104. The van der Waals surface area contributed by atoms with Gasteiger partial charge in [-0.05, 0) is 42.3 Å². The monoisotopic (exact) mass is 287 g/mol. The maximum Gasteiger partial charge on any atom is 0.201 e. The minimum Gasteiger partial charge on any atom is -0.288 e. The molecule has 0 N–H and O–H groups in total. The summed E-state index contributed by atoms with van der Waals surface area (Å²) >= 11 is 7.50. The first-order valence-electron chi connectivity index (χ1n) is 5.79. The lowest BCUT2D eigenvalue weighted by atomic mass is 10.0. The molecular formula is C15H10ClNOS. The smallest absolute Gasteiger partial charge is 0.201 e. The van der Waals surface area contributed by atoms with E-state index in [1.807, 2.05) is 37.3 Å². The van der Waals surface area contributed by atoms with E-state index in [0.717, 1.165) is 21.6 Å². The number of thioether (sulfide) groups is 1. The van der Waals surface area contributed by atoms with Crippen LogP contribution in [0.5, 0.6) is 0 Å². The maximum absolute atomic E-state index is 12.4. The van der Waals surface area contributed by atoms with Crippen LogP contribution in [0.25, 0.3) is 6.08 Å². The number of halogens is 1. The number of pyridine rings is 1. The molecular weight excluding hydrogens is 278 g/mol. The fourth-order valence-electron chi connectivity index (χ4n) is 2.08. The highest BCUT2D eigenvalue weighted by Crippen LogP contribution is 2.43. The minimum absolute atomic E-state index is 0.0676. The van der Waals surface area contributed by atoms with Crippen LogP contribution in [0.2, 0.25) is 5.02 Å². The van der Waals surface area contributed by atoms with Crippen LogP contribution in [0.3, 0.4) is 0 Å². The molecule has 0 saturated carbocycles. The summed E-state index contributed by atoms with van der Waals surface area (Å²) < 4.78 is 0. The van der Waals surface area contributed by atoms with Crippen molar-refractivity contribution in [3.8, 4) is 0 Å². The summed E-state index contributed by atoms with van der Waals surface area (Å²) in [5, 5.41) is 0.666. The van der Waals surface area contributed by atoms with E-state index >= 15 is 0 Å². The Balaban J connectivity index is 2.05. The van der Waals surface area contributed by atoms with Gasteiger partial charge in [-0.2, -0.15) is 0 Å². The number of benzene rings is 1. The number of Topliss-reactive ketones (excluding diaryl/α,β-unsaturated/α-hetero) is 1. The van der Waals surface area contributed by atoms with E-state index in [-0.39, 0.29) is 5.78 Å². The quantitative estimate of drug-likeness (QED) is 0.729. The largest absolute Gasteiger partial charge is 0.288 e. The lowest BCUT2D eigenvalue weighted by Gasteiger charge is -2.01. The van der Waals surface area contributed by atoms with Gasteiger partial charge in [0.05, 0.1) is 4.91 Å². The van der Waals surface area contributed by atoms with Crippen molar-refractivity contribution < 1.29 is 4.79 Å². The van der Waals surface area contributed by atoms with Gasteiger partial charge in [-0.3, -0.25) is 9.78 Å². The van der Waals surface area contributed by atoms with E-state index in [1.165, 1.54) is 11.8 Å². The van der Waals surface area contributed by atoms with Gasteiger partial charge in [-0.25, -0.2) is 0 Å². The van der Waals surface area contributed by atoms with Gasteiger partial charge in [0.25, 0.3) is 0 Å². The van der Waals surface area contributed by atoms with Gasteiger partial charge < -0.3 is 0 Å². The number of ketones is 1. The number of hydrogen-bond donors (Lipinski definition) is 0. The second-order valence-electron chi connectivity index (χ2n) is 4.32. The molecule has 0 spiro atoms. The molecule has 0 unspecified atom stereocenters. The molecule has 0 bridgehead atoms. The van der Waals surface area contributed by atoms with Crippen LogP contribution in [0.1, 0.15) is 21.5 Å².